The van der Waals surface area contributed by atoms with Crippen LogP contribution in [0.2, 0.25) is 0 Å². The van der Waals surface area contributed by atoms with Crippen molar-refractivity contribution in [2.45, 2.75) is 13.1 Å². The molecule has 0 aliphatic rings. The number of nitrogens with zero attached hydrogens (tertiary/aromatic N) is 1. The Morgan fingerprint density at radius 2 is 2.07 bits per heavy atom. The highest BCUT2D eigenvalue weighted by Gasteiger charge is 2.11. The van der Waals surface area contributed by atoms with Gasteiger partial charge in [0.2, 0.25) is 0 Å². The van der Waals surface area contributed by atoms with Crippen LogP contribution in [0.4, 0.5) is 4.39 Å². The lowest BCUT2D eigenvalue weighted by Gasteiger charge is -2.04. The van der Waals surface area contributed by atoms with Gasteiger partial charge in [-0.3, -0.25) is 0 Å². The monoisotopic (exact) mass is 193 g/mol. The predicted octanol–water partition coefficient (Wildman–Crippen LogP) is 2.91. The molecule has 1 unspecified atom stereocenters. The molecule has 0 saturated heterocycles. The third kappa shape index (κ3) is 1.25. The molecule has 0 aliphatic carbocycles. The summed E-state index contributed by atoms with van der Waals surface area (Å²) in [7, 11) is 1.80. The van der Waals surface area contributed by atoms with Gasteiger partial charge < -0.3 is 9.67 Å². The number of aromatic hydroxyl groups is 1. The lowest BCUT2D eigenvalue weighted by Crippen LogP contribution is -1.96. The normalized spacial score (nSPS) is 13.4. The van der Waals surface area contributed by atoms with E-state index in [1.54, 1.807) is 35.9 Å². The average Bonchev–Trinajstić information content (AvgIpc) is 2.44. The van der Waals surface area contributed by atoms with Gasteiger partial charge >= 0.3 is 0 Å². The van der Waals surface area contributed by atoms with E-state index in [4.69, 9.17) is 0 Å². The number of alkyl halides is 1. The van der Waals surface area contributed by atoms with E-state index < -0.39 is 6.17 Å². The van der Waals surface area contributed by atoms with Gasteiger partial charge in [-0.25, -0.2) is 4.39 Å². The molecule has 0 radical (unpaired) electrons. The lowest BCUT2D eigenvalue weighted by atomic mass is 10.2. The molecule has 0 bridgehead atoms. The van der Waals surface area contributed by atoms with Gasteiger partial charge in [-0.15, -0.1) is 0 Å². The fourth-order valence-electron chi connectivity index (χ4n) is 1.72. The summed E-state index contributed by atoms with van der Waals surface area (Å²) in [6.07, 6.45) is -0.991. The quantitative estimate of drug-likeness (QED) is 0.740. The maximum absolute atomic E-state index is 13.1. The second-order valence-electron chi connectivity index (χ2n) is 3.49. The summed E-state index contributed by atoms with van der Waals surface area (Å²) in [6, 6.07) is 6.84. The van der Waals surface area contributed by atoms with E-state index in [0.29, 0.717) is 5.69 Å². The number of phenols is 1. The maximum atomic E-state index is 13.1. The van der Waals surface area contributed by atoms with Crippen LogP contribution in [0.25, 0.3) is 10.9 Å². The lowest BCUT2D eigenvalue weighted by molar-refractivity contribution is 0.359. The van der Waals surface area contributed by atoms with Crippen molar-refractivity contribution >= 4 is 10.9 Å². The van der Waals surface area contributed by atoms with Gasteiger partial charge in [-0.1, -0.05) is 0 Å². The second-order valence-corrected chi connectivity index (χ2v) is 3.49. The average molecular weight is 193 g/mol. The van der Waals surface area contributed by atoms with Crippen molar-refractivity contribution in [3.63, 3.8) is 0 Å². The van der Waals surface area contributed by atoms with Crippen LogP contribution in [0.1, 0.15) is 18.8 Å². The molecule has 2 nitrogen and oxygen atoms in total. The van der Waals surface area contributed by atoms with Crippen molar-refractivity contribution in [3.05, 3.63) is 30.0 Å². The van der Waals surface area contributed by atoms with E-state index in [0.717, 1.165) is 10.9 Å². The zero-order chi connectivity index (χ0) is 10.3. The summed E-state index contributed by atoms with van der Waals surface area (Å²) < 4.78 is 14.9. The number of rotatable bonds is 1. The molecule has 2 aromatic rings. The Morgan fingerprint density at radius 1 is 1.36 bits per heavy atom. The van der Waals surface area contributed by atoms with Crippen molar-refractivity contribution in [3.8, 4) is 5.75 Å². The van der Waals surface area contributed by atoms with Crippen LogP contribution >= 0.6 is 0 Å². The summed E-state index contributed by atoms with van der Waals surface area (Å²) in [5.74, 6) is 0.205. The maximum Gasteiger partial charge on any atom is 0.137 e. The first-order valence-corrected chi connectivity index (χ1v) is 4.52. The van der Waals surface area contributed by atoms with Gasteiger partial charge in [-0.2, -0.15) is 0 Å². The molecule has 1 atom stereocenters. The van der Waals surface area contributed by atoms with Crippen molar-refractivity contribution < 1.29 is 9.50 Å². The number of aromatic nitrogens is 1. The van der Waals surface area contributed by atoms with E-state index in [1.165, 1.54) is 6.92 Å². The number of hydrogen-bond donors (Lipinski definition) is 1. The van der Waals surface area contributed by atoms with Crippen molar-refractivity contribution in [2.75, 3.05) is 0 Å². The first-order chi connectivity index (χ1) is 6.59. The summed E-state index contributed by atoms with van der Waals surface area (Å²) in [6.45, 7) is 1.51. The molecule has 14 heavy (non-hydrogen) atoms. The molecule has 74 valence electrons. The van der Waals surface area contributed by atoms with Crippen molar-refractivity contribution in [1.82, 2.24) is 4.57 Å². The van der Waals surface area contributed by atoms with Crippen LogP contribution in [0.15, 0.2) is 24.3 Å². The third-order valence-electron chi connectivity index (χ3n) is 2.47. The molecule has 0 spiro atoms. The van der Waals surface area contributed by atoms with Gasteiger partial charge in [0.15, 0.2) is 0 Å². The molecular formula is C11H12FNO. The molecule has 1 heterocycles. The Labute approximate surface area is 81.6 Å². The van der Waals surface area contributed by atoms with E-state index >= 15 is 0 Å². The minimum Gasteiger partial charge on any atom is -0.508 e. The van der Waals surface area contributed by atoms with Crippen LogP contribution in [0.5, 0.6) is 5.75 Å². The Bertz CT molecular complexity index is 473. The summed E-state index contributed by atoms with van der Waals surface area (Å²) in [5, 5.41) is 10.2. The highest BCUT2D eigenvalue weighted by atomic mass is 19.1. The minimum atomic E-state index is -0.991. The first-order valence-electron chi connectivity index (χ1n) is 4.52. The Hall–Kier alpha value is -1.51. The van der Waals surface area contributed by atoms with Crippen molar-refractivity contribution in [1.29, 1.82) is 0 Å². The Kier molecular flexibility index (Phi) is 1.95. The highest BCUT2D eigenvalue weighted by molar-refractivity contribution is 5.82. The summed E-state index contributed by atoms with van der Waals surface area (Å²) in [4.78, 5) is 0. The van der Waals surface area contributed by atoms with Gasteiger partial charge in [-0.05, 0) is 25.1 Å². The van der Waals surface area contributed by atoms with Crippen LogP contribution in [0.3, 0.4) is 0 Å². The molecule has 1 aromatic carbocycles. The molecule has 3 heteroatoms. The molecule has 0 fully saturated rings. The second kappa shape index (κ2) is 3.01. The van der Waals surface area contributed by atoms with Crippen LogP contribution in [-0.4, -0.2) is 9.67 Å². The number of hydrogen-bond acceptors (Lipinski definition) is 1. The van der Waals surface area contributed by atoms with E-state index in [1.807, 2.05) is 0 Å². The highest BCUT2D eigenvalue weighted by Crippen LogP contribution is 2.27. The third-order valence-corrected chi connectivity index (χ3v) is 2.47. The topological polar surface area (TPSA) is 25.2 Å². The summed E-state index contributed by atoms with van der Waals surface area (Å²) in [5.41, 5.74) is 1.48. The van der Waals surface area contributed by atoms with E-state index in [-0.39, 0.29) is 5.75 Å². The van der Waals surface area contributed by atoms with Gasteiger partial charge in [0.05, 0.1) is 11.2 Å². The van der Waals surface area contributed by atoms with Crippen LogP contribution in [0, 0.1) is 0 Å². The Morgan fingerprint density at radius 3 is 2.71 bits per heavy atom. The molecule has 1 aromatic heterocycles. The number of aryl methyl sites for hydroxylation is 1. The number of halogens is 1. The summed E-state index contributed by atoms with van der Waals surface area (Å²) >= 11 is 0. The largest absolute Gasteiger partial charge is 0.508 e. The molecular weight excluding hydrogens is 181 g/mol. The minimum absolute atomic E-state index is 0.205. The Balaban J connectivity index is 2.74. The van der Waals surface area contributed by atoms with E-state index in [2.05, 4.69) is 0 Å². The van der Waals surface area contributed by atoms with Gasteiger partial charge in [0.1, 0.15) is 11.9 Å². The van der Waals surface area contributed by atoms with Crippen LogP contribution < -0.4 is 0 Å². The smallest absolute Gasteiger partial charge is 0.137 e. The molecule has 1 N–H and O–H groups in total. The van der Waals surface area contributed by atoms with E-state index in [9.17, 15) is 9.50 Å². The predicted molar refractivity (Wildman–Crippen MR) is 54.1 cm³/mol. The number of fused-ring (bicyclic) bond motifs is 1. The first kappa shape index (κ1) is 9.06. The molecule has 2 rings (SSSR count). The van der Waals surface area contributed by atoms with Crippen molar-refractivity contribution in [2.24, 2.45) is 7.05 Å². The fraction of sp³-hybridized carbons (Fsp3) is 0.273. The zero-order valence-electron chi connectivity index (χ0n) is 8.16. The SMILES string of the molecule is CC(F)c1cc2ccc(O)cc2n1C. The molecule has 0 aliphatic heterocycles. The molecule has 0 amide bonds. The molecule has 0 saturated carbocycles. The fourth-order valence-corrected chi connectivity index (χ4v) is 1.72. The number of benzene rings is 1. The number of phenolic OH excluding ortho intramolecular Hbond substituents is 1. The van der Waals surface area contributed by atoms with Gasteiger partial charge in [0.25, 0.3) is 0 Å². The van der Waals surface area contributed by atoms with Gasteiger partial charge in [0, 0.05) is 18.5 Å². The zero-order valence-corrected chi connectivity index (χ0v) is 8.16. The van der Waals surface area contributed by atoms with Crippen LogP contribution in [-0.2, 0) is 7.05 Å². The standard InChI is InChI=1S/C11H12FNO/c1-7(12)10-5-8-3-4-9(14)6-11(8)13(10)2/h3-7,14H,1-2H3.